The molecule has 1 aromatic rings. The first-order valence-corrected chi connectivity index (χ1v) is 10.3. The zero-order valence-electron chi connectivity index (χ0n) is 21.3. The van der Waals surface area contributed by atoms with Crippen LogP contribution in [0.1, 0.15) is 80.4 Å². The number of hydrogen-bond acceptors (Lipinski definition) is 0. The molecule has 1 aromatic carbocycles. The molecule has 2 aliphatic carbocycles. The Kier molecular flexibility index (Phi) is 15.3. The first kappa shape index (κ1) is 32.6. The van der Waals surface area contributed by atoms with Gasteiger partial charge in [-0.05, 0) is 66.1 Å². The van der Waals surface area contributed by atoms with E-state index in [1.807, 2.05) is 31.2 Å². The van der Waals surface area contributed by atoms with Gasteiger partial charge in [-0.2, -0.15) is 0 Å². The maximum atomic E-state index is 6.76. The van der Waals surface area contributed by atoms with Crippen molar-refractivity contribution >= 4 is 0 Å². The van der Waals surface area contributed by atoms with Crippen molar-refractivity contribution < 1.29 is 27.2 Å². The molecule has 3 rings (SSSR count). The minimum atomic E-state index is 0. The van der Waals surface area contributed by atoms with E-state index in [2.05, 4.69) is 75.2 Å². The van der Waals surface area contributed by atoms with E-state index in [9.17, 15) is 0 Å². The second-order valence-corrected chi connectivity index (χ2v) is 8.24. The summed E-state index contributed by atoms with van der Waals surface area (Å²) in [7, 11) is 0. The third-order valence-electron chi connectivity index (χ3n) is 6.82. The number of hydrogen-bond donors (Lipinski definition) is 0. The summed E-state index contributed by atoms with van der Waals surface area (Å²) in [6, 6.07) is 7.69. The Morgan fingerprint density at radius 1 is 0.452 bits per heavy atom. The van der Waals surface area contributed by atoms with E-state index in [0.29, 0.717) is 0 Å². The van der Waals surface area contributed by atoms with Gasteiger partial charge < -0.3 is 11.9 Å². The Hall–Kier alpha value is -0.546. The molecule has 0 spiro atoms. The molecule has 0 atom stereocenters. The molecule has 31 heavy (non-hydrogen) atoms. The first-order valence-electron chi connectivity index (χ1n) is 10.3. The van der Waals surface area contributed by atoms with Gasteiger partial charge in [0.05, 0.1) is 0 Å². The molecular formula is C29H39OTi+2. The first-order chi connectivity index (χ1) is 13.4. The minimum Gasteiger partial charge on any atom is -0.412 e. The monoisotopic (exact) mass is 451 g/mol. The van der Waals surface area contributed by atoms with Crippen molar-refractivity contribution in [3.8, 4) is 5.92 Å². The molecule has 0 amide bonds. The Labute approximate surface area is 209 Å². The Bertz CT molecular complexity index is 526. The quantitative estimate of drug-likeness (QED) is 0.230. The SMILES string of the molecule is C[C]1[C](C)[C](C)[C](C)[C]1C.C[C]1[C](C)[C](C)[C](C)[C]1C.O.[C-]#Cc1ccc(C)cc1.[Ti+3]. The van der Waals surface area contributed by atoms with Crippen LogP contribution in [0.15, 0.2) is 24.3 Å². The second-order valence-electron chi connectivity index (χ2n) is 8.24. The summed E-state index contributed by atoms with van der Waals surface area (Å²) in [4.78, 5) is 0. The Morgan fingerprint density at radius 2 is 0.645 bits per heavy atom. The van der Waals surface area contributed by atoms with Crippen molar-refractivity contribution in [3.05, 3.63) is 101 Å². The fraction of sp³-hybridized carbons (Fsp3) is 0.379. The standard InChI is InChI=1S/2C10H15.C9H7.H2O.Ti/c2*1-6-7(2)9(4)10(5)8(6)3;1-3-9-6-4-8(2)5-7-9;;/h2*1-5H3;4-7H,2H3;1H2;/q;;-1;;+3. The third kappa shape index (κ3) is 8.39. The van der Waals surface area contributed by atoms with Crippen LogP contribution < -0.4 is 0 Å². The van der Waals surface area contributed by atoms with E-state index in [1.54, 1.807) is 0 Å². The summed E-state index contributed by atoms with van der Waals surface area (Å²) in [5, 5.41) is 0. The van der Waals surface area contributed by atoms with E-state index >= 15 is 0 Å². The second kappa shape index (κ2) is 14.6. The summed E-state index contributed by atoms with van der Waals surface area (Å²) in [5.41, 5.74) is 2.05. The van der Waals surface area contributed by atoms with Crippen LogP contribution in [0.25, 0.3) is 0 Å². The van der Waals surface area contributed by atoms with Gasteiger partial charge in [0.2, 0.25) is 0 Å². The van der Waals surface area contributed by atoms with E-state index in [1.165, 1.54) is 64.7 Å². The summed E-state index contributed by atoms with van der Waals surface area (Å²) in [6.07, 6.45) is 6.76. The molecule has 2 aliphatic rings. The number of benzene rings is 1. The molecular weight excluding hydrogens is 412 g/mol. The van der Waals surface area contributed by atoms with Gasteiger partial charge in [0.15, 0.2) is 0 Å². The van der Waals surface area contributed by atoms with Crippen LogP contribution >= 0.6 is 0 Å². The van der Waals surface area contributed by atoms with Crippen LogP contribution in [0.3, 0.4) is 0 Å². The van der Waals surface area contributed by atoms with Gasteiger partial charge in [-0.15, -0.1) is 17.7 Å². The van der Waals surface area contributed by atoms with Gasteiger partial charge in [-0.1, -0.05) is 86.9 Å². The van der Waals surface area contributed by atoms with Gasteiger partial charge in [0, 0.05) is 0 Å². The molecule has 0 saturated heterocycles. The Morgan fingerprint density at radius 3 is 0.806 bits per heavy atom. The van der Waals surface area contributed by atoms with Crippen molar-refractivity contribution in [2.75, 3.05) is 0 Å². The zero-order chi connectivity index (χ0) is 22.5. The van der Waals surface area contributed by atoms with Crippen molar-refractivity contribution in [2.45, 2.75) is 76.2 Å². The van der Waals surface area contributed by atoms with Gasteiger partial charge in [0.25, 0.3) is 0 Å². The van der Waals surface area contributed by atoms with Gasteiger partial charge in [0.1, 0.15) is 0 Å². The van der Waals surface area contributed by atoms with Crippen LogP contribution in [-0.2, 0) is 21.7 Å². The normalized spacial score (nSPS) is 20.8. The summed E-state index contributed by atoms with van der Waals surface area (Å²) >= 11 is 0. The third-order valence-corrected chi connectivity index (χ3v) is 6.82. The molecule has 2 saturated carbocycles. The van der Waals surface area contributed by atoms with Crippen molar-refractivity contribution in [2.24, 2.45) is 0 Å². The van der Waals surface area contributed by atoms with E-state index in [0.717, 1.165) is 5.56 Å². The van der Waals surface area contributed by atoms with Gasteiger partial charge >= 0.3 is 21.7 Å². The molecule has 0 aliphatic heterocycles. The average Bonchev–Trinajstić information content (AvgIpc) is 2.99. The van der Waals surface area contributed by atoms with Crippen LogP contribution in [0, 0.1) is 78.4 Å². The largest absolute Gasteiger partial charge is 3.00 e. The molecule has 1 nitrogen and oxygen atoms in total. The predicted octanol–water partition coefficient (Wildman–Crippen LogP) is 7.05. The molecule has 2 heteroatoms. The fourth-order valence-electron chi connectivity index (χ4n) is 3.45. The van der Waals surface area contributed by atoms with E-state index in [4.69, 9.17) is 6.42 Å². The van der Waals surface area contributed by atoms with Crippen molar-refractivity contribution in [1.82, 2.24) is 0 Å². The van der Waals surface area contributed by atoms with Crippen molar-refractivity contribution in [1.29, 1.82) is 0 Å². The van der Waals surface area contributed by atoms with Crippen LogP contribution in [0.5, 0.6) is 0 Å². The Balaban J connectivity index is 0. The summed E-state index contributed by atoms with van der Waals surface area (Å²) in [5.74, 6) is 17.0. The van der Waals surface area contributed by atoms with E-state index in [-0.39, 0.29) is 27.2 Å². The van der Waals surface area contributed by atoms with Crippen LogP contribution in [0.4, 0.5) is 0 Å². The molecule has 0 bridgehead atoms. The smallest absolute Gasteiger partial charge is 0.412 e. The van der Waals surface area contributed by atoms with Crippen molar-refractivity contribution in [3.63, 3.8) is 0 Å². The molecule has 11 radical (unpaired) electrons. The molecule has 163 valence electrons. The molecule has 2 N–H and O–H groups in total. The van der Waals surface area contributed by atoms with Gasteiger partial charge in [-0.3, -0.25) is 5.92 Å². The molecule has 0 heterocycles. The number of rotatable bonds is 0. The maximum absolute atomic E-state index is 6.76. The predicted molar refractivity (Wildman–Crippen MR) is 130 cm³/mol. The summed E-state index contributed by atoms with van der Waals surface area (Å²) in [6.45, 7) is 24.0. The van der Waals surface area contributed by atoms with Crippen LogP contribution in [0.2, 0.25) is 0 Å². The van der Waals surface area contributed by atoms with Crippen LogP contribution in [-0.4, -0.2) is 5.48 Å². The molecule has 2 fully saturated rings. The van der Waals surface area contributed by atoms with Gasteiger partial charge in [-0.25, -0.2) is 0 Å². The topological polar surface area (TPSA) is 31.5 Å². The fourth-order valence-corrected chi connectivity index (χ4v) is 3.45. The van der Waals surface area contributed by atoms with E-state index < -0.39 is 0 Å². The average molecular weight is 451 g/mol. The molecule has 0 unspecified atom stereocenters. The zero-order valence-corrected chi connectivity index (χ0v) is 22.9. The summed E-state index contributed by atoms with van der Waals surface area (Å²) < 4.78 is 0. The number of aryl methyl sites for hydroxylation is 1. The molecule has 0 aromatic heterocycles. The minimum absolute atomic E-state index is 0. The maximum Gasteiger partial charge on any atom is 3.00 e.